The lowest BCUT2D eigenvalue weighted by molar-refractivity contribution is -0.185. The molecule has 0 saturated carbocycles. The van der Waals surface area contributed by atoms with Gasteiger partial charge < -0.3 is 14.6 Å². The van der Waals surface area contributed by atoms with E-state index in [1.54, 1.807) is 0 Å². The van der Waals surface area contributed by atoms with Crippen LogP contribution < -0.4 is 0 Å². The highest BCUT2D eigenvalue weighted by molar-refractivity contribution is 5.69. The molecule has 114 valence electrons. The van der Waals surface area contributed by atoms with Gasteiger partial charge in [0, 0.05) is 0 Å². The zero-order valence-corrected chi connectivity index (χ0v) is 12.1. The molecule has 1 N–H and O–H groups in total. The monoisotopic (exact) mass is 298 g/mol. The van der Waals surface area contributed by atoms with Crippen molar-refractivity contribution in [2.45, 2.75) is 18.1 Å². The van der Waals surface area contributed by atoms with E-state index in [1.807, 2.05) is 60.7 Å². The molecule has 1 heterocycles. The fourth-order valence-electron chi connectivity index (χ4n) is 2.70. The third kappa shape index (κ3) is 2.89. The topological polar surface area (TPSA) is 55.8 Å². The van der Waals surface area contributed by atoms with E-state index in [0.717, 1.165) is 5.56 Å². The highest BCUT2D eigenvalue weighted by Gasteiger charge is 2.43. The van der Waals surface area contributed by atoms with E-state index in [9.17, 15) is 9.90 Å². The van der Waals surface area contributed by atoms with E-state index in [0.29, 0.717) is 5.56 Å². The van der Waals surface area contributed by atoms with Crippen LogP contribution in [0.4, 0.5) is 0 Å². The molecule has 1 saturated heterocycles. The minimum Gasteiger partial charge on any atom is -0.462 e. The Hall–Kier alpha value is -2.17. The number of cyclic esters (lactones) is 1. The Morgan fingerprint density at radius 1 is 1.00 bits per heavy atom. The Bertz CT molecular complexity index is 626. The van der Waals surface area contributed by atoms with E-state index in [1.165, 1.54) is 0 Å². The molecule has 2 unspecified atom stereocenters. The molecule has 0 aromatic heterocycles. The average Bonchev–Trinajstić information content (AvgIpc) is 2.57. The SMILES string of the molecule is O=C1CCOC(c2ccccc2)C(O)(c2ccccc2)CO1. The number of rotatable bonds is 2. The molecule has 2 atom stereocenters. The average molecular weight is 298 g/mol. The van der Waals surface area contributed by atoms with E-state index in [-0.39, 0.29) is 25.6 Å². The van der Waals surface area contributed by atoms with Crippen LogP contribution in [0.2, 0.25) is 0 Å². The summed E-state index contributed by atoms with van der Waals surface area (Å²) in [7, 11) is 0. The van der Waals surface area contributed by atoms with Crippen LogP contribution in [0.1, 0.15) is 23.7 Å². The highest BCUT2D eigenvalue weighted by Crippen LogP contribution is 2.39. The van der Waals surface area contributed by atoms with Crippen molar-refractivity contribution in [2.24, 2.45) is 0 Å². The minimum atomic E-state index is -1.42. The van der Waals surface area contributed by atoms with Gasteiger partial charge in [0.05, 0.1) is 13.0 Å². The molecule has 0 radical (unpaired) electrons. The first-order valence-electron chi connectivity index (χ1n) is 7.30. The lowest BCUT2D eigenvalue weighted by atomic mass is 9.84. The Morgan fingerprint density at radius 3 is 2.32 bits per heavy atom. The van der Waals surface area contributed by atoms with Gasteiger partial charge in [-0.3, -0.25) is 4.79 Å². The lowest BCUT2D eigenvalue weighted by Gasteiger charge is -2.37. The summed E-state index contributed by atoms with van der Waals surface area (Å²) in [6, 6.07) is 18.7. The fraction of sp³-hybridized carbons (Fsp3) is 0.278. The summed E-state index contributed by atoms with van der Waals surface area (Å²) in [4.78, 5) is 11.6. The van der Waals surface area contributed by atoms with Crippen LogP contribution in [0.3, 0.4) is 0 Å². The number of hydrogen-bond donors (Lipinski definition) is 1. The van der Waals surface area contributed by atoms with Gasteiger partial charge in [0.25, 0.3) is 0 Å². The number of benzene rings is 2. The highest BCUT2D eigenvalue weighted by atomic mass is 16.6. The van der Waals surface area contributed by atoms with Crippen molar-refractivity contribution in [3.05, 3.63) is 71.8 Å². The predicted octanol–water partition coefficient (Wildman–Crippen LogP) is 2.58. The van der Waals surface area contributed by atoms with Gasteiger partial charge in [0.1, 0.15) is 12.7 Å². The summed E-state index contributed by atoms with van der Waals surface area (Å²) in [5.41, 5.74) is 0.101. The zero-order valence-electron chi connectivity index (χ0n) is 12.1. The van der Waals surface area contributed by atoms with Gasteiger partial charge in [-0.2, -0.15) is 0 Å². The number of carbonyl (C=O) groups excluding carboxylic acids is 1. The summed E-state index contributed by atoms with van der Waals surface area (Å²) in [6.45, 7) is 0.0863. The van der Waals surface area contributed by atoms with Gasteiger partial charge in [0.15, 0.2) is 5.60 Å². The summed E-state index contributed by atoms with van der Waals surface area (Å²) in [5.74, 6) is -0.360. The van der Waals surface area contributed by atoms with Crippen molar-refractivity contribution >= 4 is 5.97 Å². The first-order chi connectivity index (χ1) is 10.7. The van der Waals surface area contributed by atoms with Crippen LogP contribution in [-0.4, -0.2) is 24.3 Å². The Labute approximate surface area is 129 Å². The van der Waals surface area contributed by atoms with Gasteiger partial charge in [0.2, 0.25) is 0 Å². The van der Waals surface area contributed by atoms with E-state index >= 15 is 0 Å². The molecular weight excluding hydrogens is 280 g/mol. The predicted molar refractivity (Wildman–Crippen MR) is 81.0 cm³/mol. The standard InChI is InChI=1S/C18H18O4/c19-16-11-12-21-17(14-7-3-1-4-8-14)18(20,13-22-16)15-9-5-2-6-10-15/h1-10,17,20H,11-13H2. The van der Waals surface area contributed by atoms with E-state index < -0.39 is 11.7 Å². The molecule has 3 rings (SSSR count). The summed E-state index contributed by atoms with van der Waals surface area (Å²) in [5, 5.41) is 11.3. The van der Waals surface area contributed by atoms with Crippen molar-refractivity contribution in [1.29, 1.82) is 0 Å². The largest absolute Gasteiger partial charge is 0.462 e. The van der Waals surface area contributed by atoms with Crippen LogP contribution in [0, 0.1) is 0 Å². The maximum absolute atomic E-state index is 11.6. The van der Waals surface area contributed by atoms with Gasteiger partial charge in [-0.05, 0) is 11.1 Å². The summed E-state index contributed by atoms with van der Waals surface area (Å²) < 4.78 is 11.1. The number of aliphatic hydroxyl groups is 1. The number of hydrogen-bond acceptors (Lipinski definition) is 4. The van der Waals surface area contributed by atoms with E-state index in [2.05, 4.69) is 0 Å². The van der Waals surface area contributed by atoms with Crippen molar-refractivity contribution in [2.75, 3.05) is 13.2 Å². The summed E-state index contributed by atoms with van der Waals surface area (Å²) >= 11 is 0. The van der Waals surface area contributed by atoms with Gasteiger partial charge in [-0.15, -0.1) is 0 Å². The van der Waals surface area contributed by atoms with Crippen molar-refractivity contribution in [1.82, 2.24) is 0 Å². The first-order valence-corrected chi connectivity index (χ1v) is 7.30. The molecule has 0 amide bonds. The molecule has 1 aliphatic heterocycles. The van der Waals surface area contributed by atoms with Gasteiger partial charge in [-0.25, -0.2) is 0 Å². The smallest absolute Gasteiger partial charge is 0.308 e. The molecule has 1 fully saturated rings. The van der Waals surface area contributed by atoms with Crippen molar-refractivity contribution < 1.29 is 19.4 Å². The lowest BCUT2D eigenvalue weighted by Crippen LogP contribution is -2.42. The third-order valence-corrected chi connectivity index (χ3v) is 3.85. The maximum Gasteiger partial charge on any atom is 0.308 e. The zero-order chi connectivity index (χ0) is 15.4. The third-order valence-electron chi connectivity index (χ3n) is 3.85. The minimum absolute atomic E-state index is 0.130. The van der Waals surface area contributed by atoms with Crippen LogP contribution in [0.15, 0.2) is 60.7 Å². The van der Waals surface area contributed by atoms with Crippen LogP contribution in [0.5, 0.6) is 0 Å². The molecule has 0 spiro atoms. The molecule has 22 heavy (non-hydrogen) atoms. The van der Waals surface area contributed by atoms with Gasteiger partial charge in [-0.1, -0.05) is 60.7 Å². The summed E-state index contributed by atoms with van der Waals surface area (Å²) in [6.07, 6.45) is -0.405. The Kier molecular flexibility index (Phi) is 4.22. The molecule has 1 aliphatic rings. The Morgan fingerprint density at radius 2 is 1.64 bits per heavy atom. The Balaban J connectivity index is 2.04. The fourth-order valence-corrected chi connectivity index (χ4v) is 2.70. The molecule has 2 aromatic rings. The quantitative estimate of drug-likeness (QED) is 0.866. The number of carbonyl (C=O) groups is 1. The van der Waals surface area contributed by atoms with Crippen LogP contribution >= 0.6 is 0 Å². The number of esters is 1. The second kappa shape index (κ2) is 6.30. The number of ether oxygens (including phenoxy) is 2. The first kappa shape index (κ1) is 14.8. The molecule has 0 aliphatic carbocycles. The molecule has 2 aromatic carbocycles. The molecular formula is C18H18O4. The normalized spacial score (nSPS) is 25.9. The second-order valence-corrected chi connectivity index (χ2v) is 5.36. The van der Waals surface area contributed by atoms with Crippen molar-refractivity contribution in [3.63, 3.8) is 0 Å². The van der Waals surface area contributed by atoms with Crippen LogP contribution in [0.25, 0.3) is 0 Å². The molecule has 4 nitrogen and oxygen atoms in total. The van der Waals surface area contributed by atoms with E-state index in [4.69, 9.17) is 9.47 Å². The second-order valence-electron chi connectivity index (χ2n) is 5.36. The van der Waals surface area contributed by atoms with Gasteiger partial charge >= 0.3 is 5.97 Å². The maximum atomic E-state index is 11.6. The van der Waals surface area contributed by atoms with Crippen molar-refractivity contribution in [3.8, 4) is 0 Å². The molecule has 0 bridgehead atoms. The van der Waals surface area contributed by atoms with Crippen LogP contribution in [-0.2, 0) is 19.9 Å². The molecule has 4 heteroatoms.